The van der Waals surface area contributed by atoms with Gasteiger partial charge in [0.05, 0.1) is 23.5 Å². The first-order valence-electron chi connectivity index (χ1n) is 15.1. The fraction of sp³-hybridized carbons (Fsp3) is 0.364. The van der Waals surface area contributed by atoms with Crippen molar-refractivity contribution in [2.75, 3.05) is 11.9 Å². The number of halogens is 3. The van der Waals surface area contributed by atoms with Crippen LogP contribution in [0.25, 0.3) is 5.69 Å². The summed E-state index contributed by atoms with van der Waals surface area (Å²) >= 11 is 0. The van der Waals surface area contributed by atoms with Crippen LogP contribution in [-0.2, 0) is 24.5 Å². The van der Waals surface area contributed by atoms with E-state index in [2.05, 4.69) is 26.1 Å². The maximum Gasteiger partial charge on any atom is 0.435 e. The van der Waals surface area contributed by atoms with Crippen molar-refractivity contribution < 1.29 is 32.3 Å². The van der Waals surface area contributed by atoms with Crippen LogP contribution in [0.1, 0.15) is 77.3 Å². The molecule has 0 radical (unpaired) electrons. The third kappa shape index (κ3) is 8.85. The smallest absolute Gasteiger partial charge is 0.435 e. The fourth-order valence-electron chi connectivity index (χ4n) is 4.84. The van der Waals surface area contributed by atoms with Crippen molar-refractivity contribution in [3.05, 3.63) is 95.1 Å². The minimum absolute atomic E-state index is 0.0260. The molecule has 2 aromatic heterocycles. The zero-order valence-corrected chi connectivity index (χ0v) is 26.4. The van der Waals surface area contributed by atoms with Crippen molar-refractivity contribution in [3.8, 4) is 5.69 Å². The average molecular weight is 652 g/mol. The number of hydrogen-bond donors (Lipinski definition) is 3. The monoisotopic (exact) mass is 651 g/mol. The maximum absolute atomic E-state index is 13.8. The molecular formula is C33H36F3N7O4. The summed E-state index contributed by atoms with van der Waals surface area (Å²) in [5.74, 6) is -0.559. The minimum Gasteiger partial charge on any atom is -0.444 e. The fourth-order valence-corrected chi connectivity index (χ4v) is 4.84. The third-order valence-corrected chi connectivity index (χ3v) is 7.26. The van der Waals surface area contributed by atoms with Crippen LogP contribution >= 0.6 is 0 Å². The molecule has 1 atom stereocenters. The molecule has 14 heteroatoms. The summed E-state index contributed by atoms with van der Waals surface area (Å²) in [6.45, 7) is 5.83. The average Bonchev–Trinajstić information content (AvgIpc) is 3.52. The zero-order chi connectivity index (χ0) is 33.9. The quantitative estimate of drug-likeness (QED) is 0.174. The minimum atomic E-state index is -4.82. The third-order valence-electron chi connectivity index (χ3n) is 7.26. The molecule has 1 unspecified atom stereocenters. The Morgan fingerprint density at radius 1 is 1.04 bits per heavy atom. The summed E-state index contributed by atoms with van der Waals surface area (Å²) in [7, 11) is 1.71. The van der Waals surface area contributed by atoms with E-state index in [9.17, 15) is 27.6 Å². The number of Topliss-reactive ketones (excluding diaryl/α,β-unsaturated/α-hetero) is 1. The van der Waals surface area contributed by atoms with Gasteiger partial charge in [-0.15, -0.1) is 0 Å². The molecule has 0 spiro atoms. The lowest BCUT2D eigenvalue weighted by atomic mass is 9.98. The molecule has 2 amide bonds. The largest absolute Gasteiger partial charge is 0.444 e. The highest BCUT2D eigenvalue weighted by Gasteiger charge is 2.36. The number of nitrogens with one attached hydrogen (secondary N) is 3. The predicted octanol–water partition coefficient (Wildman–Crippen LogP) is 5.83. The Kier molecular flexibility index (Phi) is 9.52. The molecule has 4 aromatic rings. The molecule has 5 rings (SSSR count). The summed E-state index contributed by atoms with van der Waals surface area (Å²) < 4.78 is 49.1. The second-order valence-corrected chi connectivity index (χ2v) is 12.5. The summed E-state index contributed by atoms with van der Waals surface area (Å²) in [5.41, 5.74) is -0.334. The highest BCUT2D eigenvalue weighted by Crippen LogP contribution is 2.31. The van der Waals surface area contributed by atoms with Gasteiger partial charge in [0, 0.05) is 31.5 Å². The van der Waals surface area contributed by atoms with Crippen LogP contribution in [0, 0.1) is 5.92 Å². The SMILES string of the molecule is Cn1cc(C(=O)C(NCC2CC2)c2cccc(NC(=O)c3cc(C(F)(F)F)nn3-c3cccc(CNC(=O)OC(C)(C)C)c3)c2)cn1. The molecule has 0 aliphatic heterocycles. The number of alkyl halides is 3. The topological polar surface area (TPSA) is 132 Å². The van der Waals surface area contributed by atoms with Gasteiger partial charge in [-0.05, 0) is 81.5 Å². The standard InChI is InChI=1S/C33H36F3N7O4/c1-32(2,3)47-31(46)38-17-21-7-5-10-25(13-21)43-26(15-27(41-43)33(34,35)36)30(45)40-24-9-6-8-22(14-24)28(37-16-20-11-12-20)29(44)23-18-39-42(4)19-23/h5-10,13-15,18-20,28,37H,11-12,16-17H2,1-4H3,(H,38,46)(H,40,45). The van der Waals surface area contributed by atoms with Crippen LogP contribution in [0.3, 0.4) is 0 Å². The Bertz CT molecular complexity index is 1770. The molecule has 2 heterocycles. The van der Waals surface area contributed by atoms with Crippen molar-refractivity contribution >= 4 is 23.5 Å². The Morgan fingerprint density at radius 2 is 1.79 bits per heavy atom. The van der Waals surface area contributed by atoms with Crippen molar-refractivity contribution in [3.63, 3.8) is 0 Å². The van der Waals surface area contributed by atoms with Crippen LogP contribution in [0.4, 0.5) is 23.7 Å². The number of anilines is 1. The molecule has 1 fully saturated rings. The molecule has 2 aromatic carbocycles. The molecular weight excluding hydrogens is 615 g/mol. The van der Waals surface area contributed by atoms with E-state index < -0.39 is 35.5 Å². The molecule has 1 aliphatic rings. The lowest BCUT2D eigenvalue weighted by molar-refractivity contribution is -0.141. The predicted molar refractivity (Wildman–Crippen MR) is 167 cm³/mol. The number of alkyl carbamates (subject to hydrolysis) is 1. The van der Waals surface area contributed by atoms with Gasteiger partial charge in [-0.2, -0.15) is 23.4 Å². The molecule has 11 nitrogen and oxygen atoms in total. The van der Waals surface area contributed by atoms with Crippen molar-refractivity contribution in [1.82, 2.24) is 30.2 Å². The number of nitrogens with zero attached hydrogens (tertiary/aromatic N) is 4. The van der Waals surface area contributed by atoms with E-state index in [0.717, 1.165) is 17.5 Å². The Hall–Kier alpha value is -4.98. The summed E-state index contributed by atoms with van der Waals surface area (Å²) in [4.78, 5) is 39.1. The number of ether oxygens (including phenoxy) is 1. The van der Waals surface area contributed by atoms with Gasteiger partial charge in [-0.1, -0.05) is 24.3 Å². The number of amides is 2. The highest BCUT2D eigenvalue weighted by atomic mass is 19.4. The lowest BCUT2D eigenvalue weighted by Gasteiger charge is -2.19. The van der Waals surface area contributed by atoms with Crippen molar-refractivity contribution in [1.29, 1.82) is 0 Å². The Balaban J connectivity index is 1.39. The number of ketones is 1. The molecule has 0 bridgehead atoms. The number of carbonyl (C=O) groups is 3. The Labute approximate surface area is 269 Å². The van der Waals surface area contributed by atoms with Crippen LogP contribution < -0.4 is 16.0 Å². The summed E-state index contributed by atoms with van der Waals surface area (Å²) in [6.07, 6.45) is -0.204. The van der Waals surface area contributed by atoms with Gasteiger partial charge in [0.25, 0.3) is 5.91 Å². The van der Waals surface area contributed by atoms with Crippen LogP contribution in [0.2, 0.25) is 0 Å². The first-order chi connectivity index (χ1) is 22.2. The van der Waals surface area contributed by atoms with Gasteiger partial charge in [0.1, 0.15) is 11.3 Å². The van der Waals surface area contributed by atoms with Crippen LogP contribution in [-0.4, -0.2) is 49.5 Å². The van der Waals surface area contributed by atoms with Crippen molar-refractivity contribution in [2.45, 2.75) is 58.0 Å². The van der Waals surface area contributed by atoms with Crippen molar-refractivity contribution in [2.24, 2.45) is 13.0 Å². The Morgan fingerprint density at radius 3 is 2.45 bits per heavy atom. The second-order valence-electron chi connectivity index (χ2n) is 12.5. The summed E-state index contributed by atoms with van der Waals surface area (Å²) in [6, 6.07) is 12.8. The normalized spacial score (nSPS) is 14.0. The molecule has 3 N–H and O–H groups in total. The molecule has 1 saturated carbocycles. The van der Waals surface area contributed by atoms with Gasteiger partial charge in [-0.25, -0.2) is 9.48 Å². The number of aromatic nitrogens is 4. The number of rotatable bonds is 11. The van der Waals surface area contributed by atoms with Crippen LogP contribution in [0.5, 0.6) is 0 Å². The summed E-state index contributed by atoms with van der Waals surface area (Å²) in [5, 5.41) is 16.4. The van der Waals surface area contributed by atoms with Gasteiger partial charge in [0.15, 0.2) is 11.5 Å². The number of hydrogen-bond acceptors (Lipinski definition) is 7. The zero-order valence-electron chi connectivity index (χ0n) is 26.4. The van der Waals surface area contributed by atoms with E-state index in [4.69, 9.17) is 4.74 Å². The van der Waals surface area contributed by atoms with Crippen LogP contribution in [0.15, 0.2) is 67.0 Å². The number of carbonyl (C=O) groups excluding carboxylic acids is 3. The molecule has 0 saturated heterocycles. The number of benzene rings is 2. The first kappa shape index (κ1) is 33.4. The highest BCUT2D eigenvalue weighted by molar-refractivity contribution is 6.04. The van der Waals surface area contributed by atoms with E-state index in [1.165, 1.54) is 23.0 Å². The van der Waals surface area contributed by atoms with Gasteiger partial charge in [0.2, 0.25) is 0 Å². The molecule has 1 aliphatic carbocycles. The second kappa shape index (κ2) is 13.4. The van der Waals surface area contributed by atoms with E-state index in [-0.39, 0.29) is 29.4 Å². The molecule has 248 valence electrons. The van der Waals surface area contributed by atoms with E-state index in [1.54, 1.807) is 70.4 Å². The molecule has 47 heavy (non-hydrogen) atoms. The van der Waals surface area contributed by atoms with E-state index >= 15 is 0 Å². The lowest BCUT2D eigenvalue weighted by Crippen LogP contribution is -2.32. The van der Waals surface area contributed by atoms with Gasteiger partial charge >= 0.3 is 12.3 Å². The maximum atomic E-state index is 13.8. The van der Waals surface area contributed by atoms with E-state index in [1.807, 2.05) is 0 Å². The number of aryl methyl sites for hydroxylation is 1. The van der Waals surface area contributed by atoms with Gasteiger partial charge < -0.3 is 20.7 Å². The van der Waals surface area contributed by atoms with Gasteiger partial charge in [-0.3, -0.25) is 14.3 Å². The first-order valence-corrected chi connectivity index (χ1v) is 15.1. The van der Waals surface area contributed by atoms with E-state index in [0.29, 0.717) is 35.2 Å².